The highest BCUT2D eigenvalue weighted by atomic mass is 32.3. The summed E-state index contributed by atoms with van der Waals surface area (Å²) >= 11 is 0. The first-order valence-electron chi connectivity index (χ1n) is 24.5. The smallest absolute Gasteiger partial charge is 0.281 e. The molecule has 0 bridgehead atoms. The maximum Gasteiger partial charge on any atom is 0.281 e. The molecule has 5 aromatic carbocycles. The molecule has 0 radical (unpaired) electrons. The van der Waals surface area contributed by atoms with Crippen molar-refractivity contribution in [2.75, 3.05) is 62.8 Å². The summed E-state index contributed by atoms with van der Waals surface area (Å²) in [6, 6.07) is 35.7. The van der Waals surface area contributed by atoms with Crippen LogP contribution in [-0.2, 0) is 28.2 Å². The van der Waals surface area contributed by atoms with Crippen molar-refractivity contribution >= 4 is 43.6 Å². The second kappa shape index (κ2) is 20.0. The number of primary amides is 1. The van der Waals surface area contributed by atoms with Gasteiger partial charge in [-0.25, -0.2) is 23.1 Å². The van der Waals surface area contributed by atoms with Crippen molar-refractivity contribution in [1.29, 1.82) is 0 Å². The first-order valence-corrected chi connectivity index (χ1v) is 26.2. The number of carbonyl (C=O) groups is 2. The van der Waals surface area contributed by atoms with E-state index in [9.17, 15) is 14.0 Å². The van der Waals surface area contributed by atoms with Crippen LogP contribution >= 0.6 is 10.2 Å². The van der Waals surface area contributed by atoms with Gasteiger partial charge in [-0.3, -0.25) is 19.0 Å². The van der Waals surface area contributed by atoms with Crippen molar-refractivity contribution in [3.63, 3.8) is 0 Å². The van der Waals surface area contributed by atoms with E-state index in [2.05, 4.69) is 54.0 Å². The number of nitrogens with two attached hydrogens (primary N) is 1. The highest BCUT2D eigenvalue weighted by Crippen LogP contribution is 2.68. The lowest BCUT2D eigenvalue weighted by Gasteiger charge is -2.40. The average molecular weight is 1020 g/mol. The minimum Gasteiger partial charge on any atom is -0.488 e. The Morgan fingerprint density at radius 1 is 0.892 bits per heavy atom. The Morgan fingerprint density at radius 3 is 2.28 bits per heavy atom. The third-order valence-electron chi connectivity index (χ3n) is 14.2. The summed E-state index contributed by atoms with van der Waals surface area (Å²) in [5.74, 6) is -1.43. The number of benzene rings is 5. The summed E-state index contributed by atoms with van der Waals surface area (Å²) in [6.07, 6.45) is 5.70. The number of amides is 2. The van der Waals surface area contributed by atoms with Crippen LogP contribution in [-0.4, -0.2) is 116 Å². The minimum atomic E-state index is -2.35. The molecule has 4 atom stereocenters. The van der Waals surface area contributed by atoms with E-state index in [1.807, 2.05) is 109 Å². The van der Waals surface area contributed by atoms with E-state index in [-0.39, 0.29) is 47.5 Å². The van der Waals surface area contributed by atoms with Gasteiger partial charge in [0.1, 0.15) is 47.9 Å². The second-order valence-corrected chi connectivity index (χ2v) is 22.1. The van der Waals surface area contributed by atoms with E-state index in [4.69, 9.17) is 25.0 Å². The number of aromatic nitrogens is 7. The number of hydrogen-bond acceptors (Lipinski definition) is 12. The number of fused-ring (bicyclic) bond motifs is 1. The predicted molar refractivity (Wildman–Crippen MR) is 278 cm³/mol. The maximum atomic E-state index is 15.1. The van der Waals surface area contributed by atoms with Gasteiger partial charge in [-0.05, 0) is 92.7 Å². The molecule has 3 N–H and O–H groups in total. The Balaban J connectivity index is 0.763. The average Bonchev–Trinajstić information content (AvgIpc) is 4.29. The molecule has 3 fully saturated rings. The molecule has 2 unspecified atom stereocenters. The maximum absolute atomic E-state index is 15.1. The van der Waals surface area contributed by atoms with Gasteiger partial charge in [-0.1, -0.05) is 58.7 Å². The van der Waals surface area contributed by atoms with Gasteiger partial charge >= 0.3 is 0 Å². The molecule has 6 heterocycles. The Kier molecular flexibility index (Phi) is 13.1. The van der Waals surface area contributed by atoms with Gasteiger partial charge in [0.25, 0.3) is 11.1 Å². The number of hydrogen-bond donors (Lipinski definition) is 2. The number of piperazine rings is 1. The molecule has 74 heavy (non-hydrogen) atoms. The number of nitrogens with one attached hydrogen (secondary N) is 1. The molecule has 3 aliphatic rings. The molecule has 0 saturated carbocycles. The predicted octanol–water partition coefficient (Wildman–Crippen LogP) is 7.80. The topological polar surface area (TPSA) is 176 Å². The second-order valence-electron chi connectivity index (χ2n) is 19.0. The quantitative estimate of drug-likeness (QED) is 0.0963. The normalized spacial score (nSPS) is 22.0. The standard InChI is InChI=1S/C54H56F2N12O5S/c1-36(2)67-30-49(38-9-19-45-48(25-38)68(62-51(45)52(57)69)42-27-60-65(29-42)28-37-7-5-4-6-8-37)74(58-3,53(67)70)44-17-13-41(14-18-44)64-23-21-63(22-24-64)40-11-15-43(16-12-40)71-31-50-72-33-54(73-50,32-66-35-59-34-61-66)46-20-10-39(55)26-47(46)56/h4-20,25-27,29,34-36,49-50,58H,21-24,28,30-33H2,1-3H3,(H2,57,69)/t49?,50-,54+/m0/s1. The number of rotatable bonds is 16. The van der Waals surface area contributed by atoms with Crippen molar-refractivity contribution < 1.29 is 32.6 Å². The lowest BCUT2D eigenvalue weighted by atomic mass is 9.94. The molecule has 382 valence electrons. The molecule has 17 nitrogen and oxygen atoms in total. The number of carbonyl (C=O) groups excluding carboxylic acids is 2. The van der Waals surface area contributed by atoms with Crippen LogP contribution < -0.4 is 25.0 Å². The number of nitrogens with zero attached hydrogens (tertiary/aromatic N) is 10. The van der Waals surface area contributed by atoms with Crippen LogP contribution in [0, 0.1) is 11.6 Å². The first-order chi connectivity index (χ1) is 35.9. The number of ether oxygens (including phenoxy) is 3. The van der Waals surface area contributed by atoms with Gasteiger partial charge in [0.05, 0.1) is 42.9 Å². The van der Waals surface area contributed by atoms with Crippen molar-refractivity contribution in [3.8, 4) is 11.4 Å². The Hall–Kier alpha value is -7.65. The lowest BCUT2D eigenvalue weighted by molar-refractivity contribution is -0.117. The van der Waals surface area contributed by atoms with Crippen molar-refractivity contribution in [2.45, 2.75) is 55.0 Å². The lowest BCUT2D eigenvalue weighted by Crippen LogP contribution is -2.46. The van der Waals surface area contributed by atoms with Gasteiger partial charge in [0, 0.05) is 72.1 Å². The van der Waals surface area contributed by atoms with Crippen LogP contribution in [0.5, 0.6) is 5.75 Å². The zero-order valence-corrected chi connectivity index (χ0v) is 41.9. The monoisotopic (exact) mass is 1020 g/mol. The van der Waals surface area contributed by atoms with Gasteiger partial charge in [0.15, 0.2) is 12.0 Å². The van der Waals surface area contributed by atoms with Crippen molar-refractivity contribution in [1.82, 2.24) is 43.9 Å². The van der Waals surface area contributed by atoms with Crippen LogP contribution in [0.2, 0.25) is 0 Å². The van der Waals surface area contributed by atoms with Crippen LogP contribution in [0.4, 0.5) is 25.0 Å². The Bertz CT molecular complexity index is 3300. The van der Waals surface area contributed by atoms with Gasteiger partial charge in [0.2, 0.25) is 0 Å². The molecule has 0 aliphatic carbocycles. The van der Waals surface area contributed by atoms with Crippen LogP contribution in [0.3, 0.4) is 0 Å². The molecular weight excluding hydrogens is 967 g/mol. The van der Waals surface area contributed by atoms with Crippen LogP contribution in [0.25, 0.3) is 16.6 Å². The highest BCUT2D eigenvalue weighted by molar-refractivity contribution is 8.44. The van der Waals surface area contributed by atoms with Gasteiger partial charge < -0.3 is 34.6 Å². The van der Waals surface area contributed by atoms with E-state index in [0.717, 1.165) is 59.6 Å². The van der Waals surface area contributed by atoms with Crippen LogP contribution in [0.1, 0.15) is 46.3 Å². The van der Waals surface area contributed by atoms with E-state index >= 15 is 4.39 Å². The van der Waals surface area contributed by atoms with Crippen molar-refractivity contribution in [2.24, 2.45) is 5.73 Å². The zero-order chi connectivity index (χ0) is 51.1. The fourth-order valence-electron chi connectivity index (χ4n) is 10.4. The Labute approximate surface area is 427 Å². The van der Waals surface area contributed by atoms with E-state index in [1.54, 1.807) is 10.9 Å². The SMILES string of the molecule is CNS1(c2ccc(N3CCN(c4ccc(OC[C@H]5OC[C@](Cn6cncn6)(c6ccc(F)cc6F)O5)cc4)CC3)cc2)C(=O)N(C(C)C)CC1c1ccc2c(C(N)=O)nn(-c3cnn(Cc4ccccc4)c3)c2c1. The fraction of sp³-hybridized carbons (Fsp3) is 0.296. The van der Waals surface area contributed by atoms with Gasteiger partial charge in [-0.2, -0.15) is 15.3 Å². The summed E-state index contributed by atoms with van der Waals surface area (Å²) < 4.78 is 56.0. The summed E-state index contributed by atoms with van der Waals surface area (Å²) in [6.45, 7) is 8.50. The summed E-state index contributed by atoms with van der Waals surface area (Å²) in [7, 11) is -0.462. The highest BCUT2D eigenvalue weighted by Gasteiger charge is 2.52. The number of halogens is 2. The molecule has 20 heteroatoms. The summed E-state index contributed by atoms with van der Waals surface area (Å²) in [4.78, 5) is 39.2. The largest absolute Gasteiger partial charge is 0.488 e. The Morgan fingerprint density at radius 2 is 1.62 bits per heavy atom. The molecule has 3 saturated heterocycles. The zero-order valence-electron chi connectivity index (χ0n) is 41.1. The summed E-state index contributed by atoms with van der Waals surface area (Å²) in [5, 5.41) is 13.9. The first kappa shape index (κ1) is 48.6. The van der Waals surface area contributed by atoms with E-state index in [0.29, 0.717) is 35.4 Å². The molecular formula is C54H56F2N12O5S. The number of anilines is 2. The fourth-order valence-corrected chi connectivity index (χ4v) is 14.1. The molecule has 0 spiro atoms. The minimum absolute atomic E-state index is 0.00696. The van der Waals surface area contributed by atoms with Crippen LogP contribution in [0.15, 0.2) is 145 Å². The molecule has 11 rings (SSSR count). The molecule has 3 aliphatic heterocycles. The third kappa shape index (κ3) is 9.11. The van der Waals surface area contributed by atoms with E-state index < -0.39 is 39.6 Å². The van der Waals surface area contributed by atoms with E-state index in [1.165, 1.54) is 29.5 Å². The van der Waals surface area contributed by atoms with Gasteiger partial charge in [-0.15, -0.1) is 0 Å². The molecule has 3 aromatic heterocycles. The molecule has 2 amide bonds. The third-order valence-corrected chi connectivity index (χ3v) is 17.9. The van der Waals surface area contributed by atoms with Crippen molar-refractivity contribution in [3.05, 3.63) is 174 Å². The summed E-state index contributed by atoms with van der Waals surface area (Å²) in [5.41, 5.74) is 10.5. The molecule has 8 aromatic rings.